The molecule has 0 bridgehead atoms. The average Bonchev–Trinajstić information content (AvgIpc) is 2.72. The van der Waals surface area contributed by atoms with Crippen LogP contribution in [0.3, 0.4) is 0 Å². The van der Waals surface area contributed by atoms with Crippen LogP contribution in [0.15, 0.2) is 46.1 Å². The lowest BCUT2D eigenvalue weighted by Crippen LogP contribution is -2.45. The Morgan fingerprint density at radius 3 is 2.58 bits per heavy atom. The standard InChI is InChI=1S/C21H19BrCl2N2O4S/c1-10-18(20(27)29-3)19(26-21(31)25-10)13-7-16(28-2)17(8-14(13)22)30-9-11-4-5-12(23)6-15(11)24/h4-8,19H,9H2,1-3H3,(H2,25,26,31). The third-order valence-corrected chi connectivity index (χ3v) is 6.16. The average molecular weight is 546 g/mol. The number of benzene rings is 2. The van der Waals surface area contributed by atoms with Gasteiger partial charge in [0.05, 0.1) is 25.8 Å². The topological polar surface area (TPSA) is 68.8 Å². The van der Waals surface area contributed by atoms with Crippen molar-refractivity contribution >= 4 is 62.4 Å². The molecule has 1 unspecified atom stereocenters. The van der Waals surface area contributed by atoms with Crippen molar-refractivity contribution in [2.45, 2.75) is 19.6 Å². The SMILES string of the molecule is COC(=O)C1=C(C)NC(=S)NC1c1cc(OC)c(OCc2ccc(Cl)cc2Cl)cc1Br. The lowest BCUT2D eigenvalue weighted by Gasteiger charge is -2.30. The predicted molar refractivity (Wildman–Crippen MR) is 128 cm³/mol. The Bertz CT molecular complexity index is 1080. The van der Waals surface area contributed by atoms with E-state index in [1.165, 1.54) is 14.2 Å². The molecule has 1 atom stereocenters. The first-order chi connectivity index (χ1) is 14.7. The quantitative estimate of drug-likeness (QED) is 0.376. The molecule has 164 valence electrons. The maximum Gasteiger partial charge on any atom is 0.337 e. The maximum absolute atomic E-state index is 12.4. The number of rotatable bonds is 6. The van der Waals surface area contributed by atoms with E-state index in [-0.39, 0.29) is 6.61 Å². The van der Waals surface area contributed by atoms with Gasteiger partial charge < -0.3 is 24.8 Å². The molecule has 0 aliphatic carbocycles. The van der Waals surface area contributed by atoms with E-state index in [9.17, 15) is 4.79 Å². The summed E-state index contributed by atoms with van der Waals surface area (Å²) >= 11 is 21.0. The number of hydrogen-bond acceptors (Lipinski definition) is 5. The second kappa shape index (κ2) is 10.1. The lowest BCUT2D eigenvalue weighted by atomic mass is 9.95. The minimum absolute atomic E-state index is 0.222. The third kappa shape index (κ3) is 5.26. The van der Waals surface area contributed by atoms with E-state index in [0.29, 0.717) is 42.4 Å². The van der Waals surface area contributed by atoms with Gasteiger partial charge in [0, 0.05) is 25.8 Å². The molecule has 0 spiro atoms. The van der Waals surface area contributed by atoms with Crippen molar-refractivity contribution in [1.82, 2.24) is 10.6 Å². The van der Waals surface area contributed by atoms with Gasteiger partial charge in [-0.1, -0.05) is 45.2 Å². The lowest BCUT2D eigenvalue weighted by molar-refractivity contribution is -0.136. The monoisotopic (exact) mass is 544 g/mol. The molecule has 1 aliphatic rings. The van der Waals surface area contributed by atoms with Crippen LogP contribution in [-0.2, 0) is 16.1 Å². The normalized spacial score (nSPS) is 15.8. The van der Waals surface area contributed by atoms with Gasteiger partial charge in [-0.15, -0.1) is 0 Å². The van der Waals surface area contributed by atoms with Gasteiger partial charge in [-0.25, -0.2) is 4.79 Å². The molecular formula is C21H19BrCl2N2O4S. The van der Waals surface area contributed by atoms with Crippen LogP contribution in [0, 0.1) is 0 Å². The zero-order chi connectivity index (χ0) is 22.7. The van der Waals surface area contributed by atoms with E-state index in [4.69, 9.17) is 49.6 Å². The van der Waals surface area contributed by atoms with Gasteiger partial charge in [0.1, 0.15) is 6.61 Å². The van der Waals surface area contributed by atoms with Crippen LogP contribution >= 0.6 is 51.3 Å². The summed E-state index contributed by atoms with van der Waals surface area (Å²) in [5.74, 6) is 0.519. The van der Waals surface area contributed by atoms with E-state index in [0.717, 1.165) is 11.1 Å². The fraction of sp³-hybridized carbons (Fsp3) is 0.238. The van der Waals surface area contributed by atoms with E-state index >= 15 is 0 Å². The van der Waals surface area contributed by atoms with E-state index < -0.39 is 12.0 Å². The number of carbonyl (C=O) groups is 1. The summed E-state index contributed by atoms with van der Waals surface area (Å²) in [7, 11) is 2.87. The van der Waals surface area contributed by atoms with Gasteiger partial charge in [0.25, 0.3) is 0 Å². The fourth-order valence-corrected chi connectivity index (χ4v) is 4.43. The van der Waals surface area contributed by atoms with Crippen LogP contribution in [0.25, 0.3) is 0 Å². The van der Waals surface area contributed by atoms with Crippen LogP contribution < -0.4 is 20.1 Å². The van der Waals surface area contributed by atoms with Gasteiger partial charge >= 0.3 is 5.97 Å². The summed E-state index contributed by atoms with van der Waals surface area (Å²) in [4.78, 5) is 12.4. The third-order valence-electron chi connectivity index (χ3n) is 4.67. The highest BCUT2D eigenvalue weighted by molar-refractivity contribution is 9.10. The molecule has 2 aromatic rings. The summed E-state index contributed by atoms with van der Waals surface area (Å²) in [5, 5.41) is 7.54. The molecule has 1 aliphatic heterocycles. The van der Waals surface area contributed by atoms with Gasteiger partial charge in [-0.05, 0) is 49.0 Å². The summed E-state index contributed by atoms with van der Waals surface area (Å²) in [6, 6.07) is 8.23. The molecule has 3 rings (SSSR count). The highest BCUT2D eigenvalue weighted by atomic mass is 79.9. The Morgan fingerprint density at radius 2 is 1.94 bits per heavy atom. The van der Waals surface area contributed by atoms with Crippen LogP contribution in [-0.4, -0.2) is 25.3 Å². The largest absolute Gasteiger partial charge is 0.493 e. The summed E-state index contributed by atoms with van der Waals surface area (Å²) in [6.07, 6.45) is 0. The molecule has 0 fully saturated rings. The number of halogens is 3. The van der Waals surface area contributed by atoms with Crippen LogP contribution in [0.1, 0.15) is 24.1 Å². The first-order valence-corrected chi connectivity index (χ1v) is 11.0. The molecule has 1 heterocycles. The number of ether oxygens (including phenoxy) is 3. The second-order valence-corrected chi connectivity index (χ2v) is 8.72. The van der Waals surface area contributed by atoms with E-state index in [1.807, 2.05) is 0 Å². The Hall–Kier alpha value is -2.00. The van der Waals surface area contributed by atoms with Crippen molar-refractivity contribution in [1.29, 1.82) is 0 Å². The van der Waals surface area contributed by atoms with Crippen LogP contribution in [0.4, 0.5) is 0 Å². The summed E-state index contributed by atoms with van der Waals surface area (Å²) in [6.45, 7) is 1.99. The van der Waals surface area contributed by atoms with Crippen molar-refractivity contribution in [2.75, 3.05) is 14.2 Å². The number of thiocarbonyl (C=S) groups is 1. The van der Waals surface area contributed by atoms with E-state index in [1.54, 1.807) is 37.3 Å². The number of esters is 1. The van der Waals surface area contributed by atoms with Gasteiger partial charge in [-0.3, -0.25) is 0 Å². The molecule has 0 saturated carbocycles. The van der Waals surface area contributed by atoms with E-state index in [2.05, 4.69) is 26.6 Å². The van der Waals surface area contributed by atoms with Crippen molar-refractivity contribution in [3.63, 3.8) is 0 Å². The van der Waals surface area contributed by atoms with Gasteiger partial charge in [-0.2, -0.15) is 0 Å². The van der Waals surface area contributed by atoms with Crippen molar-refractivity contribution in [2.24, 2.45) is 0 Å². The molecule has 0 radical (unpaired) electrons. The Balaban J connectivity index is 1.95. The van der Waals surface area contributed by atoms with Gasteiger partial charge in [0.2, 0.25) is 0 Å². The molecule has 2 aromatic carbocycles. The van der Waals surface area contributed by atoms with Crippen molar-refractivity contribution in [3.8, 4) is 11.5 Å². The molecule has 6 nitrogen and oxygen atoms in total. The molecular weight excluding hydrogens is 527 g/mol. The van der Waals surface area contributed by atoms with Crippen LogP contribution in [0.5, 0.6) is 11.5 Å². The Kier molecular flexibility index (Phi) is 7.69. The number of allylic oxidation sites excluding steroid dienone is 1. The molecule has 0 amide bonds. The maximum atomic E-state index is 12.4. The smallest absolute Gasteiger partial charge is 0.337 e. The summed E-state index contributed by atoms with van der Waals surface area (Å²) in [5.41, 5.74) is 2.55. The zero-order valence-electron chi connectivity index (χ0n) is 16.8. The summed E-state index contributed by atoms with van der Waals surface area (Å²) < 4.78 is 17.1. The van der Waals surface area contributed by atoms with Crippen molar-refractivity contribution in [3.05, 3.63) is 67.2 Å². The fourth-order valence-electron chi connectivity index (χ4n) is 3.15. The minimum atomic E-state index is -0.538. The van der Waals surface area contributed by atoms with Gasteiger partial charge in [0.15, 0.2) is 16.6 Å². The highest BCUT2D eigenvalue weighted by Gasteiger charge is 2.32. The predicted octanol–water partition coefficient (Wildman–Crippen LogP) is 5.31. The molecule has 2 N–H and O–H groups in total. The number of carbonyl (C=O) groups excluding carboxylic acids is 1. The first-order valence-electron chi connectivity index (χ1n) is 9.06. The number of methoxy groups -OCH3 is 2. The first kappa shape index (κ1) is 23.7. The number of nitrogens with one attached hydrogen (secondary N) is 2. The zero-order valence-corrected chi connectivity index (χ0v) is 20.8. The highest BCUT2D eigenvalue weighted by Crippen LogP contribution is 2.40. The second-order valence-electron chi connectivity index (χ2n) is 6.61. The Morgan fingerprint density at radius 1 is 1.19 bits per heavy atom. The number of hydrogen-bond donors (Lipinski definition) is 2. The molecule has 31 heavy (non-hydrogen) atoms. The molecule has 10 heteroatoms. The van der Waals surface area contributed by atoms with Crippen LogP contribution in [0.2, 0.25) is 10.0 Å². The Labute approximate surface area is 204 Å². The van der Waals surface area contributed by atoms with Crippen molar-refractivity contribution < 1.29 is 19.0 Å². The minimum Gasteiger partial charge on any atom is -0.493 e. The molecule has 0 aromatic heterocycles. The molecule has 0 saturated heterocycles.